The third-order valence-electron chi connectivity index (χ3n) is 3.83. The monoisotopic (exact) mass is 315 g/mol. The van der Waals surface area contributed by atoms with Gasteiger partial charge in [0.2, 0.25) is 0 Å². The van der Waals surface area contributed by atoms with Gasteiger partial charge in [-0.3, -0.25) is 4.79 Å². The zero-order chi connectivity index (χ0) is 16.6. The molecular weight excluding hydrogens is 301 g/mol. The summed E-state index contributed by atoms with van der Waals surface area (Å²) in [6, 6.07) is 9.53. The van der Waals surface area contributed by atoms with Crippen molar-refractivity contribution in [3.8, 4) is 5.75 Å². The fourth-order valence-corrected chi connectivity index (χ4v) is 2.64. The average molecular weight is 315 g/mol. The highest BCUT2D eigenvalue weighted by Gasteiger charge is 2.30. The number of carboxylic acid groups (broad SMARTS) is 1. The van der Waals surface area contributed by atoms with Crippen LogP contribution in [0.15, 0.2) is 36.4 Å². The summed E-state index contributed by atoms with van der Waals surface area (Å²) in [5.41, 5.74) is 1.25. The second-order valence-electron chi connectivity index (χ2n) is 5.30. The van der Waals surface area contributed by atoms with Gasteiger partial charge in [0.15, 0.2) is 0 Å². The van der Waals surface area contributed by atoms with Crippen LogP contribution in [0.5, 0.6) is 5.75 Å². The molecule has 2 aromatic carbocycles. The number of benzene rings is 2. The lowest BCUT2D eigenvalue weighted by molar-refractivity contribution is 0.0690. The van der Waals surface area contributed by atoms with E-state index in [4.69, 9.17) is 9.84 Å². The van der Waals surface area contributed by atoms with Crippen LogP contribution in [0, 0.1) is 5.82 Å². The smallest absolute Gasteiger partial charge is 0.338 e. The number of nitrogens with zero attached hydrogens (tertiary/aromatic N) is 1. The molecule has 0 spiro atoms. The van der Waals surface area contributed by atoms with Crippen molar-refractivity contribution < 1.29 is 23.8 Å². The highest BCUT2D eigenvalue weighted by molar-refractivity contribution is 6.00. The Morgan fingerprint density at radius 2 is 2.00 bits per heavy atom. The largest absolute Gasteiger partial charge is 0.497 e. The molecule has 0 saturated carbocycles. The molecule has 1 amide bonds. The lowest BCUT2D eigenvalue weighted by Crippen LogP contribution is -2.23. The quantitative estimate of drug-likeness (QED) is 0.942. The van der Waals surface area contributed by atoms with E-state index in [1.807, 2.05) is 12.1 Å². The Kier molecular flexibility index (Phi) is 3.73. The van der Waals surface area contributed by atoms with Crippen molar-refractivity contribution in [1.82, 2.24) is 4.90 Å². The third kappa shape index (κ3) is 2.75. The van der Waals surface area contributed by atoms with Gasteiger partial charge < -0.3 is 14.7 Å². The van der Waals surface area contributed by atoms with E-state index in [1.165, 1.54) is 6.07 Å². The topological polar surface area (TPSA) is 66.8 Å². The number of rotatable bonds is 4. The summed E-state index contributed by atoms with van der Waals surface area (Å²) in [4.78, 5) is 24.9. The lowest BCUT2D eigenvalue weighted by Gasteiger charge is -2.15. The fourth-order valence-electron chi connectivity index (χ4n) is 2.64. The molecular formula is C17H14FNO4. The number of ether oxygens (including phenoxy) is 1. The molecule has 3 rings (SSSR count). The number of aromatic carboxylic acids is 1. The number of amides is 1. The van der Waals surface area contributed by atoms with Gasteiger partial charge >= 0.3 is 5.97 Å². The number of halogens is 1. The van der Waals surface area contributed by atoms with Gasteiger partial charge in [-0.25, -0.2) is 9.18 Å². The van der Waals surface area contributed by atoms with Crippen molar-refractivity contribution in [3.05, 3.63) is 64.5 Å². The van der Waals surface area contributed by atoms with Crippen LogP contribution < -0.4 is 4.74 Å². The first-order valence-corrected chi connectivity index (χ1v) is 6.97. The van der Waals surface area contributed by atoms with Crippen LogP contribution in [-0.4, -0.2) is 29.0 Å². The Hall–Kier alpha value is -2.89. The Morgan fingerprint density at radius 1 is 1.30 bits per heavy atom. The normalized spacial score (nSPS) is 13.1. The van der Waals surface area contributed by atoms with E-state index in [2.05, 4.69) is 0 Å². The summed E-state index contributed by atoms with van der Waals surface area (Å²) in [6.07, 6.45) is 0. The van der Waals surface area contributed by atoms with Crippen LogP contribution in [0.2, 0.25) is 0 Å². The molecule has 5 nitrogen and oxygen atoms in total. The van der Waals surface area contributed by atoms with Gasteiger partial charge in [0, 0.05) is 18.7 Å². The van der Waals surface area contributed by atoms with Crippen LogP contribution >= 0.6 is 0 Å². The number of hydrogen-bond acceptors (Lipinski definition) is 3. The molecule has 1 aliphatic heterocycles. The van der Waals surface area contributed by atoms with Crippen molar-refractivity contribution >= 4 is 11.9 Å². The van der Waals surface area contributed by atoms with Crippen molar-refractivity contribution in [2.24, 2.45) is 0 Å². The standard InChI is InChI=1S/C17H14FNO4/c1-23-12-4-2-10(3-5-12)8-19-9-11-6-14(17(21)22)15(18)7-13(11)16(19)20/h2-7H,8-9H2,1H3,(H,21,22). The summed E-state index contributed by atoms with van der Waals surface area (Å²) in [5, 5.41) is 8.96. The summed E-state index contributed by atoms with van der Waals surface area (Å²) in [5.74, 6) is -1.81. The fraction of sp³-hybridized carbons (Fsp3) is 0.176. The molecule has 0 unspecified atom stereocenters. The van der Waals surface area contributed by atoms with E-state index in [0.29, 0.717) is 12.1 Å². The van der Waals surface area contributed by atoms with Gasteiger partial charge in [-0.1, -0.05) is 12.1 Å². The van der Waals surface area contributed by atoms with E-state index in [-0.39, 0.29) is 18.0 Å². The minimum atomic E-state index is -1.34. The minimum Gasteiger partial charge on any atom is -0.497 e. The highest BCUT2D eigenvalue weighted by Crippen LogP contribution is 2.27. The molecule has 0 aliphatic carbocycles. The van der Waals surface area contributed by atoms with E-state index < -0.39 is 17.3 Å². The second-order valence-corrected chi connectivity index (χ2v) is 5.30. The van der Waals surface area contributed by atoms with Crippen molar-refractivity contribution in [2.75, 3.05) is 7.11 Å². The third-order valence-corrected chi connectivity index (χ3v) is 3.83. The molecule has 0 bridgehead atoms. The van der Waals surface area contributed by atoms with Gasteiger partial charge in [0.1, 0.15) is 11.6 Å². The second kappa shape index (κ2) is 5.72. The SMILES string of the molecule is COc1ccc(CN2Cc3cc(C(=O)O)c(F)cc3C2=O)cc1. The molecule has 1 N–H and O–H groups in total. The van der Waals surface area contributed by atoms with Crippen molar-refractivity contribution in [3.63, 3.8) is 0 Å². The van der Waals surface area contributed by atoms with E-state index in [1.54, 1.807) is 24.1 Å². The molecule has 0 radical (unpaired) electrons. The van der Waals surface area contributed by atoms with E-state index in [0.717, 1.165) is 17.4 Å². The maximum Gasteiger partial charge on any atom is 0.338 e. The summed E-state index contributed by atoms with van der Waals surface area (Å²) < 4.78 is 18.8. The Bertz CT molecular complexity index is 786. The molecule has 2 aromatic rings. The van der Waals surface area contributed by atoms with Gasteiger partial charge in [-0.2, -0.15) is 0 Å². The molecule has 1 aliphatic rings. The number of carboxylic acids is 1. The molecule has 118 valence electrons. The molecule has 0 aromatic heterocycles. The molecule has 0 fully saturated rings. The average Bonchev–Trinajstić information content (AvgIpc) is 2.83. The zero-order valence-electron chi connectivity index (χ0n) is 12.4. The first kappa shape index (κ1) is 15.0. The number of methoxy groups -OCH3 is 1. The number of fused-ring (bicyclic) bond motifs is 1. The molecule has 6 heteroatoms. The van der Waals surface area contributed by atoms with Crippen LogP contribution in [0.3, 0.4) is 0 Å². The van der Waals surface area contributed by atoms with Gasteiger partial charge in [0.05, 0.1) is 12.7 Å². The van der Waals surface area contributed by atoms with Gasteiger partial charge in [0.25, 0.3) is 5.91 Å². The first-order valence-electron chi connectivity index (χ1n) is 6.97. The predicted molar refractivity (Wildman–Crippen MR) is 79.9 cm³/mol. The summed E-state index contributed by atoms with van der Waals surface area (Å²) in [6.45, 7) is 0.627. The van der Waals surface area contributed by atoms with Crippen molar-refractivity contribution in [1.29, 1.82) is 0 Å². The maximum atomic E-state index is 13.7. The molecule has 0 atom stereocenters. The van der Waals surface area contributed by atoms with Crippen molar-refractivity contribution in [2.45, 2.75) is 13.1 Å². The maximum absolute atomic E-state index is 13.7. The van der Waals surface area contributed by atoms with Crippen LogP contribution in [0.4, 0.5) is 4.39 Å². The van der Waals surface area contributed by atoms with E-state index >= 15 is 0 Å². The summed E-state index contributed by atoms with van der Waals surface area (Å²) in [7, 11) is 1.57. The minimum absolute atomic E-state index is 0.223. The lowest BCUT2D eigenvalue weighted by atomic mass is 10.1. The highest BCUT2D eigenvalue weighted by atomic mass is 19.1. The molecule has 23 heavy (non-hydrogen) atoms. The van der Waals surface area contributed by atoms with Crippen LogP contribution in [0.25, 0.3) is 0 Å². The first-order chi connectivity index (χ1) is 11.0. The molecule has 1 heterocycles. The number of hydrogen-bond donors (Lipinski definition) is 1. The zero-order valence-corrected chi connectivity index (χ0v) is 12.4. The Labute approximate surface area is 131 Å². The van der Waals surface area contributed by atoms with Crippen LogP contribution in [0.1, 0.15) is 31.8 Å². The Balaban J connectivity index is 1.83. The van der Waals surface area contributed by atoms with Crippen LogP contribution in [-0.2, 0) is 13.1 Å². The number of carbonyl (C=O) groups is 2. The number of carbonyl (C=O) groups excluding carboxylic acids is 1. The van der Waals surface area contributed by atoms with Gasteiger partial charge in [-0.15, -0.1) is 0 Å². The predicted octanol–water partition coefficient (Wildman–Crippen LogP) is 2.69. The Morgan fingerprint density at radius 3 is 2.61 bits per heavy atom. The van der Waals surface area contributed by atoms with Gasteiger partial charge in [-0.05, 0) is 35.4 Å². The molecule has 0 saturated heterocycles. The summed E-state index contributed by atoms with van der Waals surface area (Å²) >= 11 is 0. The van der Waals surface area contributed by atoms with E-state index in [9.17, 15) is 14.0 Å².